The second-order valence-corrected chi connectivity index (χ2v) is 9.57. The topological polar surface area (TPSA) is 103 Å². The molecular weight excluding hydrogens is 464 g/mol. The smallest absolute Gasteiger partial charge is 0.242 e. The van der Waals surface area contributed by atoms with E-state index in [1.54, 1.807) is 23.3 Å². The van der Waals surface area contributed by atoms with E-state index in [0.29, 0.717) is 31.2 Å². The molecule has 1 aromatic carbocycles. The van der Waals surface area contributed by atoms with Gasteiger partial charge in [-0.1, -0.05) is 19.4 Å². The molecule has 0 fully saturated rings. The molecule has 186 valence electrons. The van der Waals surface area contributed by atoms with E-state index in [0.717, 1.165) is 34.3 Å². The molecule has 0 radical (unpaired) electrons. The van der Waals surface area contributed by atoms with Crippen LogP contribution in [0.25, 0.3) is 5.95 Å². The van der Waals surface area contributed by atoms with E-state index in [1.165, 1.54) is 12.8 Å². The van der Waals surface area contributed by atoms with Crippen molar-refractivity contribution < 1.29 is 14.3 Å². The minimum absolute atomic E-state index is 0.0396. The first-order valence-corrected chi connectivity index (χ1v) is 13.1. The molecule has 0 saturated heterocycles. The van der Waals surface area contributed by atoms with Gasteiger partial charge in [0.2, 0.25) is 18.6 Å². The standard InChI is InChI=1S/C25H32N6O3S/c1-3-4-12-35-13-8-20(29-23-14-18(2)28-25(30-23)31-11-10-26-16-31)24(32)27-9-7-19-5-6-21-22(15-19)34-17-33-21/h5-6,10-11,14-16,20H,3-4,7-9,12-13,17H2,1-2H3,(H,27,32)(H,28,29,30). The number of benzene rings is 1. The van der Waals surface area contributed by atoms with Crippen LogP contribution in [0.1, 0.15) is 37.4 Å². The molecule has 35 heavy (non-hydrogen) atoms. The lowest BCUT2D eigenvalue weighted by molar-refractivity contribution is -0.121. The lowest BCUT2D eigenvalue weighted by atomic mass is 10.1. The van der Waals surface area contributed by atoms with Crippen molar-refractivity contribution in [3.05, 3.63) is 54.2 Å². The molecule has 0 aliphatic carbocycles. The van der Waals surface area contributed by atoms with Gasteiger partial charge >= 0.3 is 0 Å². The van der Waals surface area contributed by atoms with Crippen LogP contribution in [0.3, 0.4) is 0 Å². The van der Waals surface area contributed by atoms with E-state index >= 15 is 0 Å². The lowest BCUT2D eigenvalue weighted by Gasteiger charge is -2.19. The Labute approximate surface area is 210 Å². The summed E-state index contributed by atoms with van der Waals surface area (Å²) in [6, 6.07) is 7.34. The number of aryl methyl sites for hydroxylation is 1. The maximum atomic E-state index is 13.2. The molecule has 1 aliphatic rings. The Morgan fingerprint density at radius 3 is 2.91 bits per heavy atom. The maximum absolute atomic E-state index is 13.2. The quantitative estimate of drug-likeness (QED) is 0.345. The van der Waals surface area contributed by atoms with Gasteiger partial charge in [0, 0.05) is 30.7 Å². The first-order valence-electron chi connectivity index (χ1n) is 12.0. The summed E-state index contributed by atoms with van der Waals surface area (Å²) in [5.74, 6) is 4.61. The van der Waals surface area contributed by atoms with Crippen molar-refractivity contribution in [2.45, 2.75) is 45.6 Å². The summed E-state index contributed by atoms with van der Waals surface area (Å²) in [5.41, 5.74) is 1.90. The van der Waals surface area contributed by atoms with E-state index in [-0.39, 0.29) is 12.7 Å². The number of fused-ring (bicyclic) bond motifs is 1. The summed E-state index contributed by atoms with van der Waals surface area (Å²) >= 11 is 1.88. The van der Waals surface area contributed by atoms with Crippen LogP contribution >= 0.6 is 11.8 Å². The minimum Gasteiger partial charge on any atom is -0.454 e. The minimum atomic E-state index is -0.397. The SMILES string of the molecule is CCCCSCCC(Nc1cc(C)nc(-n2ccnc2)n1)C(=O)NCCc1ccc2c(c1)OCO2. The van der Waals surface area contributed by atoms with Gasteiger partial charge < -0.3 is 20.1 Å². The third kappa shape index (κ3) is 7.11. The predicted molar refractivity (Wildman–Crippen MR) is 137 cm³/mol. The molecule has 0 spiro atoms. The second kappa shape index (κ2) is 12.4. The number of hydrogen-bond donors (Lipinski definition) is 2. The number of carbonyl (C=O) groups is 1. The third-order valence-electron chi connectivity index (χ3n) is 5.56. The van der Waals surface area contributed by atoms with Gasteiger partial charge in [0.05, 0.1) is 0 Å². The monoisotopic (exact) mass is 496 g/mol. The molecule has 3 heterocycles. The zero-order valence-corrected chi connectivity index (χ0v) is 21.0. The Bertz CT molecular complexity index is 1110. The molecule has 0 bridgehead atoms. The van der Waals surface area contributed by atoms with Crippen molar-refractivity contribution in [3.63, 3.8) is 0 Å². The summed E-state index contributed by atoms with van der Waals surface area (Å²) < 4.78 is 12.6. The van der Waals surface area contributed by atoms with Crippen LogP contribution in [-0.2, 0) is 11.2 Å². The largest absolute Gasteiger partial charge is 0.454 e. The van der Waals surface area contributed by atoms with Crippen LogP contribution in [0.5, 0.6) is 11.5 Å². The van der Waals surface area contributed by atoms with Gasteiger partial charge in [0.1, 0.15) is 18.2 Å². The van der Waals surface area contributed by atoms with Gasteiger partial charge in [0.25, 0.3) is 0 Å². The van der Waals surface area contributed by atoms with Crippen LogP contribution in [0.2, 0.25) is 0 Å². The van der Waals surface area contributed by atoms with Gasteiger partial charge in [0.15, 0.2) is 11.5 Å². The lowest BCUT2D eigenvalue weighted by Crippen LogP contribution is -2.41. The molecular formula is C25H32N6O3S. The number of rotatable bonds is 13. The van der Waals surface area contributed by atoms with Crippen LogP contribution < -0.4 is 20.1 Å². The van der Waals surface area contributed by atoms with Gasteiger partial charge in [-0.3, -0.25) is 9.36 Å². The Hall–Kier alpha value is -3.27. The fourth-order valence-electron chi connectivity index (χ4n) is 3.67. The second-order valence-electron chi connectivity index (χ2n) is 8.34. The average molecular weight is 497 g/mol. The zero-order chi connectivity index (χ0) is 24.5. The van der Waals surface area contributed by atoms with Crippen molar-refractivity contribution in [1.82, 2.24) is 24.8 Å². The van der Waals surface area contributed by atoms with E-state index in [2.05, 4.69) is 32.5 Å². The highest BCUT2D eigenvalue weighted by molar-refractivity contribution is 7.99. The van der Waals surface area contributed by atoms with Gasteiger partial charge in [-0.2, -0.15) is 16.7 Å². The number of anilines is 1. The molecule has 9 nitrogen and oxygen atoms in total. The zero-order valence-electron chi connectivity index (χ0n) is 20.2. The maximum Gasteiger partial charge on any atom is 0.242 e. The van der Waals surface area contributed by atoms with E-state index in [9.17, 15) is 4.79 Å². The Morgan fingerprint density at radius 2 is 2.09 bits per heavy atom. The summed E-state index contributed by atoms with van der Waals surface area (Å²) in [6.45, 7) is 4.88. The number of unbranched alkanes of at least 4 members (excludes halogenated alkanes) is 1. The first-order chi connectivity index (χ1) is 17.1. The molecule has 0 saturated carbocycles. The number of amides is 1. The van der Waals surface area contributed by atoms with Crippen molar-refractivity contribution in [2.24, 2.45) is 0 Å². The molecule has 10 heteroatoms. The van der Waals surface area contributed by atoms with E-state index in [1.807, 2.05) is 43.0 Å². The number of thioether (sulfide) groups is 1. The molecule has 2 aromatic heterocycles. The van der Waals surface area contributed by atoms with Crippen LogP contribution in [-0.4, -0.2) is 56.3 Å². The van der Waals surface area contributed by atoms with Crippen LogP contribution in [0, 0.1) is 6.92 Å². The average Bonchev–Trinajstić information content (AvgIpc) is 3.55. The normalized spacial score (nSPS) is 13.0. The van der Waals surface area contributed by atoms with Gasteiger partial charge in [-0.25, -0.2) is 9.97 Å². The molecule has 1 atom stereocenters. The molecule has 1 amide bonds. The first kappa shape index (κ1) is 24.8. The summed E-state index contributed by atoms with van der Waals surface area (Å²) in [4.78, 5) is 26.3. The summed E-state index contributed by atoms with van der Waals surface area (Å²) in [5, 5.41) is 6.44. The van der Waals surface area contributed by atoms with Crippen molar-refractivity contribution in [1.29, 1.82) is 0 Å². The predicted octanol–water partition coefficient (Wildman–Crippen LogP) is 3.76. The Balaban J connectivity index is 1.38. The molecule has 3 aromatic rings. The fourth-order valence-corrected chi connectivity index (χ4v) is 4.77. The van der Waals surface area contributed by atoms with E-state index < -0.39 is 6.04 Å². The fraction of sp³-hybridized carbons (Fsp3) is 0.440. The Kier molecular flexibility index (Phi) is 8.83. The number of nitrogens with one attached hydrogen (secondary N) is 2. The Morgan fingerprint density at radius 1 is 1.20 bits per heavy atom. The molecule has 2 N–H and O–H groups in total. The highest BCUT2D eigenvalue weighted by Gasteiger charge is 2.20. The third-order valence-corrected chi connectivity index (χ3v) is 6.66. The number of ether oxygens (including phenoxy) is 2. The number of imidazole rings is 1. The van der Waals surface area contributed by atoms with Gasteiger partial charge in [-0.15, -0.1) is 0 Å². The number of nitrogens with zero attached hydrogens (tertiary/aromatic N) is 4. The van der Waals surface area contributed by atoms with Gasteiger partial charge in [-0.05, 0) is 55.4 Å². The summed E-state index contributed by atoms with van der Waals surface area (Å²) in [7, 11) is 0. The molecule has 1 aliphatic heterocycles. The highest BCUT2D eigenvalue weighted by atomic mass is 32.2. The number of aromatic nitrogens is 4. The van der Waals surface area contributed by atoms with Crippen molar-refractivity contribution in [2.75, 3.05) is 30.2 Å². The van der Waals surface area contributed by atoms with Crippen molar-refractivity contribution in [3.8, 4) is 17.4 Å². The summed E-state index contributed by atoms with van der Waals surface area (Å²) in [6.07, 6.45) is 8.90. The highest BCUT2D eigenvalue weighted by Crippen LogP contribution is 2.32. The van der Waals surface area contributed by atoms with Crippen LogP contribution in [0.4, 0.5) is 5.82 Å². The van der Waals surface area contributed by atoms with Crippen molar-refractivity contribution >= 4 is 23.5 Å². The van der Waals surface area contributed by atoms with Crippen LogP contribution in [0.15, 0.2) is 43.0 Å². The van der Waals surface area contributed by atoms with E-state index in [4.69, 9.17) is 9.47 Å². The molecule has 4 rings (SSSR count). The number of carbonyl (C=O) groups excluding carboxylic acids is 1. The molecule has 1 unspecified atom stereocenters. The number of hydrogen-bond acceptors (Lipinski definition) is 8.